The molecule has 0 aliphatic carbocycles. The van der Waals surface area contributed by atoms with Gasteiger partial charge in [-0.1, -0.05) is 29.3 Å². The molecular formula is C14H10Cl2N2S. The predicted octanol–water partition coefficient (Wildman–Crippen LogP) is 5.04. The average molecular weight is 309 g/mol. The maximum absolute atomic E-state index is 6.00. The van der Waals surface area contributed by atoms with E-state index in [1.165, 1.54) is 4.88 Å². The van der Waals surface area contributed by atoms with Gasteiger partial charge in [-0.05, 0) is 29.6 Å². The van der Waals surface area contributed by atoms with Crippen molar-refractivity contribution in [2.24, 2.45) is 0 Å². The normalized spacial score (nSPS) is 10.8. The molecule has 0 saturated carbocycles. The summed E-state index contributed by atoms with van der Waals surface area (Å²) >= 11 is 13.7. The lowest BCUT2D eigenvalue weighted by Gasteiger charge is -1.99. The van der Waals surface area contributed by atoms with Crippen molar-refractivity contribution in [3.8, 4) is 11.3 Å². The minimum Gasteiger partial charge on any atom is -0.348 e. The number of aromatic amines is 1. The lowest BCUT2D eigenvalue weighted by Crippen LogP contribution is -1.87. The van der Waals surface area contributed by atoms with E-state index in [2.05, 4.69) is 21.4 Å². The van der Waals surface area contributed by atoms with Crippen LogP contribution in [-0.2, 0) is 6.42 Å². The molecule has 5 heteroatoms. The van der Waals surface area contributed by atoms with Crippen molar-refractivity contribution in [3.05, 3.63) is 62.7 Å². The summed E-state index contributed by atoms with van der Waals surface area (Å²) in [5.41, 5.74) is 1.78. The fraction of sp³-hybridized carbons (Fsp3) is 0.0714. The van der Waals surface area contributed by atoms with Crippen LogP contribution in [-0.4, -0.2) is 9.97 Å². The highest BCUT2D eigenvalue weighted by Gasteiger charge is 2.07. The topological polar surface area (TPSA) is 28.7 Å². The molecule has 0 aliphatic heterocycles. The van der Waals surface area contributed by atoms with Crippen LogP contribution in [0, 0.1) is 0 Å². The van der Waals surface area contributed by atoms with Crippen LogP contribution in [0.15, 0.2) is 41.9 Å². The van der Waals surface area contributed by atoms with Gasteiger partial charge in [0.2, 0.25) is 0 Å². The van der Waals surface area contributed by atoms with Gasteiger partial charge in [-0.25, -0.2) is 4.98 Å². The summed E-state index contributed by atoms with van der Waals surface area (Å²) in [5, 5.41) is 3.30. The van der Waals surface area contributed by atoms with E-state index >= 15 is 0 Å². The molecule has 2 heterocycles. The van der Waals surface area contributed by atoms with E-state index in [1.54, 1.807) is 17.4 Å². The number of H-pyrrole nitrogens is 1. The van der Waals surface area contributed by atoms with Crippen LogP contribution in [0.3, 0.4) is 0 Å². The molecule has 2 nitrogen and oxygen atoms in total. The smallest absolute Gasteiger partial charge is 0.112 e. The zero-order valence-electron chi connectivity index (χ0n) is 9.86. The SMILES string of the molecule is Clc1cc(Cl)cc(-c2c[nH]c(Cc3cccs3)n2)c1. The van der Waals surface area contributed by atoms with E-state index in [0.717, 1.165) is 23.5 Å². The fourth-order valence-corrected chi connectivity index (χ4v) is 3.12. The molecule has 96 valence electrons. The second-order valence-corrected chi connectivity index (χ2v) is 6.05. The lowest BCUT2D eigenvalue weighted by atomic mass is 10.2. The largest absolute Gasteiger partial charge is 0.348 e. The third-order valence-electron chi connectivity index (χ3n) is 2.71. The van der Waals surface area contributed by atoms with Gasteiger partial charge < -0.3 is 4.98 Å². The van der Waals surface area contributed by atoms with Crippen LogP contribution in [0.4, 0.5) is 0 Å². The van der Waals surface area contributed by atoms with Gasteiger partial charge in [0, 0.05) is 33.1 Å². The summed E-state index contributed by atoms with van der Waals surface area (Å²) in [6.07, 6.45) is 2.69. The molecule has 3 aromatic rings. The highest BCUT2D eigenvalue weighted by Crippen LogP contribution is 2.26. The molecule has 0 atom stereocenters. The molecule has 0 saturated heterocycles. The minimum atomic E-state index is 0.616. The maximum atomic E-state index is 6.00. The molecule has 0 radical (unpaired) electrons. The Balaban J connectivity index is 1.88. The van der Waals surface area contributed by atoms with Gasteiger partial charge in [-0.3, -0.25) is 0 Å². The molecule has 1 N–H and O–H groups in total. The van der Waals surface area contributed by atoms with Gasteiger partial charge in [0.15, 0.2) is 0 Å². The number of aromatic nitrogens is 2. The predicted molar refractivity (Wildman–Crippen MR) is 81.2 cm³/mol. The average Bonchev–Trinajstić information content (AvgIpc) is 2.99. The van der Waals surface area contributed by atoms with Crippen molar-refractivity contribution >= 4 is 34.5 Å². The Morgan fingerprint density at radius 2 is 1.95 bits per heavy atom. The lowest BCUT2D eigenvalue weighted by molar-refractivity contribution is 1.05. The van der Waals surface area contributed by atoms with Gasteiger partial charge >= 0.3 is 0 Å². The molecule has 19 heavy (non-hydrogen) atoms. The van der Waals surface area contributed by atoms with Crippen LogP contribution < -0.4 is 0 Å². The highest BCUT2D eigenvalue weighted by molar-refractivity contribution is 7.09. The number of halogens is 2. The number of thiophene rings is 1. The Morgan fingerprint density at radius 3 is 2.63 bits per heavy atom. The van der Waals surface area contributed by atoms with Crippen LogP contribution in [0.1, 0.15) is 10.7 Å². The number of imidazole rings is 1. The quantitative estimate of drug-likeness (QED) is 0.721. The summed E-state index contributed by atoms with van der Waals surface area (Å²) < 4.78 is 0. The molecule has 3 rings (SSSR count). The van der Waals surface area contributed by atoms with Gasteiger partial charge in [0.1, 0.15) is 5.82 Å². The minimum absolute atomic E-state index is 0.616. The first kappa shape index (κ1) is 12.7. The third kappa shape index (κ3) is 3.00. The highest BCUT2D eigenvalue weighted by atomic mass is 35.5. The maximum Gasteiger partial charge on any atom is 0.112 e. The van der Waals surface area contributed by atoms with Gasteiger partial charge in [0.25, 0.3) is 0 Å². The molecule has 0 amide bonds. The molecule has 0 fully saturated rings. The first-order valence-corrected chi connectivity index (χ1v) is 7.37. The molecular weight excluding hydrogens is 299 g/mol. The monoisotopic (exact) mass is 308 g/mol. The zero-order chi connectivity index (χ0) is 13.2. The second-order valence-electron chi connectivity index (χ2n) is 4.15. The fourth-order valence-electron chi connectivity index (χ4n) is 1.88. The number of hydrogen-bond donors (Lipinski definition) is 1. The first-order valence-electron chi connectivity index (χ1n) is 5.74. The molecule has 2 aromatic heterocycles. The summed E-state index contributed by atoms with van der Waals surface area (Å²) in [6.45, 7) is 0. The number of hydrogen-bond acceptors (Lipinski definition) is 2. The molecule has 0 aliphatic rings. The second kappa shape index (κ2) is 5.37. The van der Waals surface area contributed by atoms with Crippen molar-refractivity contribution in [2.45, 2.75) is 6.42 Å². The first-order chi connectivity index (χ1) is 9.20. The standard InChI is InChI=1S/C14H10Cl2N2S/c15-10-4-9(5-11(16)6-10)13-8-17-14(18-13)7-12-2-1-3-19-12/h1-6,8H,7H2,(H,17,18). The number of nitrogens with one attached hydrogen (secondary N) is 1. The van der Waals surface area contributed by atoms with E-state index in [-0.39, 0.29) is 0 Å². The van der Waals surface area contributed by atoms with Crippen molar-refractivity contribution in [2.75, 3.05) is 0 Å². The van der Waals surface area contributed by atoms with E-state index in [4.69, 9.17) is 23.2 Å². The summed E-state index contributed by atoms with van der Waals surface area (Å²) in [4.78, 5) is 9.04. The van der Waals surface area contributed by atoms with E-state index in [0.29, 0.717) is 10.0 Å². The number of benzene rings is 1. The van der Waals surface area contributed by atoms with Crippen molar-refractivity contribution in [3.63, 3.8) is 0 Å². The van der Waals surface area contributed by atoms with Crippen LogP contribution >= 0.6 is 34.5 Å². The number of nitrogens with zero attached hydrogens (tertiary/aromatic N) is 1. The van der Waals surface area contributed by atoms with E-state index in [1.807, 2.05) is 24.4 Å². The Morgan fingerprint density at radius 1 is 1.16 bits per heavy atom. The van der Waals surface area contributed by atoms with Gasteiger partial charge in [-0.15, -0.1) is 11.3 Å². The summed E-state index contributed by atoms with van der Waals surface area (Å²) in [6, 6.07) is 9.58. The Kier molecular flexibility index (Phi) is 3.60. The van der Waals surface area contributed by atoms with Crippen molar-refractivity contribution < 1.29 is 0 Å². The Bertz CT molecular complexity index is 669. The molecule has 0 spiro atoms. The molecule has 0 unspecified atom stereocenters. The molecule has 1 aromatic carbocycles. The van der Waals surface area contributed by atoms with E-state index in [9.17, 15) is 0 Å². The Labute approximate surface area is 125 Å². The van der Waals surface area contributed by atoms with Gasteiger partial charge in [0.05, 0.1) is 5.69 Å². The Hall–Kier alpha value is -1.29. The van der Waals surface area contributed by atoms with Crippen LogP contribution in [0.2, 0.25) is 10.0 Å². The van der Waals surface area contributed by atoms with Crippen LogP contribution in [0.25, 0.3) is 11.3 Å². The third-order valence-corrected chi connectivity index (χ3v) is 4.02. The van der Waals surface area contributed by atoms with Crippen molar-refractivity contribution in [1.82, 2.24) is 9.97 Å². The van der Waals surface area contributed by atoms with Crippen LogP contribution in [0.5, 0.6) is 0 Å². The van der Waals surface area contributed by atoms with E-state index < -0.39 is 0 Å². The number of rotatable bonds is 3. The molecule has 0 bridgehead atoms. The zero-order valence-corrected chi connectivity index (χ0v) is 12.2. The summed E-state index contributed by atoms with van der Waals surface area (Å²) in [7, 11) is 0. The van der Waals surface area contributed by atoms with Crippen molar-refractivity contribution in [1.29, 1.82) is 0 Å². The summed E-state index contributed by atoms with van der Waals surface area (Å²) in [5.74, 6) is 0.938. The van der Waals surface area contributed by atoms with Gasteiger partial charge in [-0.2, -0.15) is 0 Å².